The molecule has 0 radical (unpaired) electrons. The summed E-state index contributed by atoms with van der Waals surface area (Å²) in [6, 6.07) is 2.83. The molecule has 0 aliphatic carbocycles. The number of anilines is 1. The standard InChI is InChI=1S/C15H21N5S/c1-2-13(16-6-1)11-3-7-20(8-4-11)15-17-14(18-19-15)12-5-9-21-10-12/h5,9-11,13,16H,1-4,6-8H2,(H,17,18,19). The normalized spacial score (nSPS) is 23.8. The van der Waals surface area contributed by atoms with Gasteiger partial charge in [-0.3, -0.25) is 5.10 Å². The third-order valence-electron chi connectivity index (χ3n) is 4.76. The molecule has 0 spiro atoms. The van der Waals surface area contributed by atoms with E-state index in [1.54, 1.807) is 11.3 Å². The van der Waals surface area contributed by atoms with Gasteiger partial charge in [0.05, 0.1) is 0 Å². The van der Waals surface area contributed by atoms with E-state index in [1.807, 2.05) is 0 Å². The van der Waals surface area contributed by atoms with Crippen molar-refractivity contribution in [3.05, 3.63) is 16.8 Å². The van der Waals surface area contributed by atoms with Crippen LogP contribution in [0.3, 0.4) is 0 Å². The minimum Gasteiger partial charge on any atom is -0.340 e. The zero-order valence-corrected chi connectivity index (χ0v) is 12.9. The van der Waals surface area contributed by atoms with Crippen LogP contribution in [0.4, 0.5) is 5.95 Å². The number of nitrogens with one attached hydrogen (secondary N) is 2. The maximum atomic E-state index is 4.65. The SMILES string of the molecule is c1cc(-c2nc(N3CCC(C4CCCN4)CC3)n[nH]2)cs1. The van der Waals surface area contributed by atoms with Gasteiger partial charge in [0.1, 0.15) is 0 Å². The van der Waals surface area contributed by atoms with Crippen LogP contribution in [0.15, 0.2) is 16.8 Å². The molecule has 6 heteroatoms. The fraction of sp³-hybridized carbons (Fsp3) is 0.600. The first-order chi connectivity index (χ1) is 10.4. The van der Waals surface area contributed by atoms with Crippen LogP contribution in [0.5, 0.6) is 0 Å². The number of rotatable bonds is 3. The molecule has 1 unspecified atom stereocenters. The van der Waals surface area contributed by atoms with Crippen molar-refractivity contribution < 1.29 is 0 Å². The van der Waals surface area contributed by atoms with Crippen LogP contribution >= 0.6 is 11.3 Å². The first-order valence-corrected chi connectivity index (χ1v) is 8.78. The lowest BCUT2D eigenvalue weighted by Gasteiger charge is -2.34. The predicted octanol–water partition coefficient (Wildman–Crippen LogP) is 2.50. The molecule has 2 N–H and O–H groups in total. The molecule has 0 bridgehead atoms. The fourth-order valence-corrected chi connectivity index (χ4v) is 4.18. The van der Waals surface area contributed by atoms with E-state index in [4.69, 9.17) is 0 Å². The van der Waals surface area contributed by atoms with E-state index in [2.05, 4.69) is 42.2 Å². The van der Waals surface area contributed by atoms with Gasteiger partial charge in [-0.1, -0.05) is 0 Å². The Morgan fingerprint density at radius 1 is 1.24 bits per heavy atom. The number of hydrogen-bond acceptors (Lipinski definition) is 5. The van der Waals surface area contributed by atoms with Crippen LogP contribution in [0, 0.1) is 5.92 Å². The number of aromatic nitrogens is 3. The Morgan fingerprint density at radius 2 is 2.14 bits per heavy atom. The number of nitrogens with zero attached hydrogens (tertiary/aromatic N) is 3. The highest BCUT2D eigenvalue weighted by Gasteiger charge is 2.29. The van der Waals surface area contributed by atoms with E-state index in [1.165, 1.54) is 32.2 Å². The number of hydrogen-bond donors (Lipinski definition) is 2. The summed E-state index contributed by atoms with van der Waals surface area (Å²) in [4.78, 5) is 6.97. The van der Waals surface area contributed by atoms with Crippen LogP contribution < -0.4 is 10.2 Å². The van der Waals surface area contributed by atoms with Crippen LogP contribution in [0.2, 0.25) is 0 Å². The molecule has 2 fully saturated rings. The maximum absolute atomic E-state index is 4.65. The molecule has 0 saturated carbocycles. The average molecular weight is 303 g/mol. The second-order valence-corrected chi connectivity index (χ2v) is 6.80. The lowest BCUT2D eigenvalue weighted by molar-refractivity contribution is 0.317. The van der Waals surface area contributed by atoms with Gasteiger partial charge in [-0.2, -0.15) is 16.3 Å². The van der Waals surface area contributed by atoms with Gasteiger partial charge in [-0.25, -0.2) is 0 Å². The largest absolute Gasteiger partial charge is 0.340 e. The lowest BCUT2D eigenvalue weighted by Crippen LogP contribution is -2.41. The Bertz CT molecular complexity index is 565. The van der Waals surface area contributed by atoms with Crippen molar-refractivity contribution in [2.24, 2.45) is 5.92 Å². The lowest BCUT2D eigenvalue weighted by atomic mass is 9.89. The highest BCUT2D eigenvalue weighted by Crippen LogP contribution is 2.28. The Balaban J connectivity index is 1.39. The molecule has 2 aliphatic heterocycles. The van der Waals surface area contributed by atoms with Gasteiger partial charge in [0.2, 0.25) is 5.95 Å². The summed E-state index contributed by atoms with van der Waals surface area (Å²) in [6.45, 7) is 3.35. The number of thiophene rings is 1. The summed E-state index contributed by atoms with van der Waals surface area (Å²) < 4.78 is 0. The zero-order valence-electron chi connectivity index (χ0n) is 12.1. The van der Waals surface area contributed by atoms with Crippen LogP contribution in [0.1, 0.15) is 25.7 Å². The smallest absolute Gasteiger partial charge is 0.245 e. The molecule has 1 atom stereocenters. The van der Waals surface area contributed by atoms with Crippen LogP contribution in [-0.4, -0.2) is 40.9 Å². The van der Waals surface area contributed by atoms with Gasteiger partial charge in [-0.05, 0) is 49.6 Å². The Kier molecular flexibility index (Phi) is 3.65. The summed E-state index contributed by atoms with van der Waals surface area (Å²) in [5, 5.41) is 15.3. The van der Waals surface area contributed by atoms with E-state index in [-0.39, 0.29) is 0 Å². The van der Waals surface area contributed by atoms with Gasteiger partial charge in [0.15, 0.2) is 5.82 Å². The molecule has 112 valence electrons. The summed E-state index contributed by atoms with van der Waals surface area (Å²) in [5.74, 6) is 2.57. The third kappa shape index (κ3) is 2.70. The minimum atomic E-state index is 0.751. The fourth-order valence-electron chi connectivity index (χ4n) is 3.54. The Hall–Kier alpha value is -1.40. The van der Waals surface area contributed by atoms with Crippen molar-refractivity contribution >= 4 is 17.3 Å². The van der Waals surface area contributed by atoms with E-state index in [9.17, 15) is 0 Å². The topological polar surface area (TPSA) is 56.8 Å². The van der Waals surface area contributed by atoms with Crippen molar-refractivity contribution in [1.82, 2.24) is 20.5 Å². The van der Waals surface area contributed by atoms with Gasteiger partial charge in [-0.15, -0.1) is 5.10 Å². The first-order valence-electron chi connectivity index (χ1n) is 7.83. The second-order valence-electron chi connectivity index (χ2n) is 6.02. The zero-order chi connectivity index (χ0) is 14.1. The summed E-state index contributed by atoms with van der Waals surface area (Å²) in [7, 11) is 0. The van der Waals surface area contributed by atoms with Crippen molar-refractivity contribution in [2.45, 2.75) is 31.7 Å². The number of piperidine rings is 1. The van der Waals surface area contributed by atoms with Gasteiger partial charge in [0, 0.05) is 30.1 Å². The molecular formula is C15H21N5S. The number of aromatic amines is 1. The molecule has 0 amide bonds. The predicted molar refractivity (Wildman–Crippen MR) is 85.7 cm³/mol. The quantitative estimate of drug-likeness (QED) is 0.915. The van der Waals surface area contributed by atoms with Crippen molar-refractivity contribution in [1.29, 1.82) is 0 Å². The summed E-state index contributed by atoms with van der Waals surface area (Å²) in [6.07, 6.45) is 5.20. The van der Waals surface area contributed by atoms with Gasteiger partial charge < -0.3 is 10.2 Å². The molecule has 2 aromatic heterocycles. The van der Waals surface area contributed by atoms with Crippen LogP contribution in [-0.2, 0) is 0 Å². The van der Waals surface area contributed by atoms with Crippen molar-refractivity contribution in [2.75, 3.05) is 24.5 Å². The highest BCUT2D eigenvalue weighted by atomic mass is 32.1. The van der Waals surface area contributed by atoms with Gasteiger partial charge >= 0.3 is 0 Å². The monoisotopic (exact) mass is 303 g/mol. The molecule has 2 aromatic rings. The molecule has 2 aliphatic rings. The summed E-state index contributed by atoms with van der Waals surface area (Å²) in [5.41, 5.74) is 1.13. The average Bonchev–Trinajstić information content (AvgIpc) is 3.27. The molecule has 4 rings (SSSR count). The molecule has 4 heterocycles. The third-order valence-corrected chi connectivity index (χ3v) is 5.44. The van der Waals surface area contributed by atoms with E-state index >= 15 is 0 Å². The van der Waals surface area contributed by atoms with E-state index in [0.29, 0.717) is 0 Å². The minimum absolute atomic E-state index is 0.751. The highest BCUT2D eigenvalue weighted by molar-refractivity contribution is 7.08. The second kappa shape index (κ2) is 5.77. The molecule has 0 aromatic carbocycles. The van der Waals surface area contributed by atoms with Crippen LogP contribution in [0.25, 0.3) is 11.4 Å². The molecule has 21 heavy (non-hydrogen) atoms. The Labute approximate surface area is 128 Å². The molecule has 2 saturated heterocycles. The molecular weight excluding hydrogens is 282 g/mol. The van der Waals surface area contributed by atoms with E-state index < -0.39 is 0 Å². The summed E-state index contributed by atoms with van der Waals surface area (Å²) >= 11 is 1.69. The Morgan fingerprint density at radius 3 is 2.86 bits per heavy atom. The van der Waals surface area contributed by atoms with Crippen molar-refractivity contribution in [3.8, 4) is 11.4 Å². The first kappa shape index (κ1) is 13.3. The maximum Gasteiger partial charge on any atom is 0.245 e. The van der Waals surface area contributed by atoms with Gasteiger partial charge in [0.25, 0.3) is 0 Å². The number of H-pyrrole nitrogens is 1. The molecule has 5 nitrogen and oxygen atoms in total. The van der Waals surface area contributed by atoms with Crippen molar-refractivity contribution in [3.63, 3.8) is 0 Å². The van der Waals surface area contributed by atoms with E-state index in [0.717, 1.165) is 42.4 Å².